The standard InChI is InChI=1S/C3H6O4S/c1-3(4)7-2-8(5)6/h8H,2H2,1H3. The van der Waals surface area contributed by atoms with Crippen molar-refractivity contribution >= 4 is 16.7 Å². The van der Waals surface area contributed by atoms with Gasteiger partial charge in [-0.1, -0.05) is 0 Å². The molecule has 0 heterocycles. The van der Waals surface area contributed by atoms with E-state index in [0.717, 1.165) is 6.92 Å². The molecule has 0 aliphatic heterocycles. The molecule has 0 spiro atoms. The molecule has 0 aromatic rings. The summed E-state index contributed by atoms with van der Waals surface area (Å²) in [6, 6.07) is 0. The second-order valence-corrected chi connectivity index (χ2v) is 2.02. The minimum atomic E-state index is -2.58. The van der Waals surface area contributed by atoms with Gasteiger partial charge in [-0.05, 0) is 0 Å². The van der Waals surface area contributed by atoms with Gasteiger partial charge in [0.25, 0.3) is 0 Å². The zero-order valence-electron chi connectivity index (χ0n) is 4.29. The van der Waals surface area contributed by atoms with Gasteiger partial charge in [-0.15, -0.1) is 0 Å². The number of hydrogen-bond donors (Lipinski definition) is 1. The van der Waals surface area contributed by atoms with E-state index in [0.29, 0.717) is 0 Å². The Labute approximate surface area is 48.4 Å². The van der Waals surface area contributed by atoms with E-state index >= 15 is 0 Å². The summed E-state index contributed by atoms with van der Waals surface area (Å²) in [7, 11) is -2.58. The van der Waals surface area contributed by atoms with Crippen LogP contribution in [-0.2, 0) is 20.2 Å². The lowest BCUT2D eigenvalue weighted by atomic mass is 10.8. The number of carbonyl (C=O) groups excluding carboxylic acids is 1. The molecule has 0 aliphatic carbocycles. The third kappa shape index (κ3) is 5.42. The number of rotatable bonds is 2. The van der Waals surface area contributed by atoms with Crippen molar-refractivity contribution < 1.29 is 17.9 Å². The van der Waals surface area contributed by atoms with Gasteiger partial charge in [0.1, 0.15) is 0 Å². The van der Waals surface area contributed by atoms with Crippen molar-refractivity contribution in [2.24, 2.45) is 0 Å². The molecular weight excluding hydrogens is 132 g/mol. The van der Waals surface area contributed by atoms with E-state index in [2.05, 4.69) is 4.74 Å². The Bertz CT molecular complexity index is 139. The zero-order chi connectivity index (χ0) is 6.57. The molecule has 8 heavy (non-hydrogen) atoms. The van der Waals surface area contributed by atoms with Crippen LogP contribution in [0.3, 0.4) is 0 Å². The number of ether oxygens (including phenoxy) is 1. The van der Waals surface area contributed by atoms with E-state index in [1.54, 1.807) is 0 Å². The number of carbonyl (C=O) groups is 1. The fraction of sp³-hybridized carbons (Fsp3) is 0.667. The number of thiol groups is 1. The van der Waals surface area contributed by atoms with Gasteiger partial charge >= 0.3 is 5.97 Å². The highest BCUT2D eigenvalue weighted by Crippen LogP contribution is 1.73. The van der Waals surface area contributed by atoms with Gasteiger partial charge in [0.05, 0.1) is 0 Å². The third-order valence-electron chi connectivity index (χ3n) is 0.373. The molecule has 0 saturated heterocycles. The maximum absolute atomic E-state index is 9.86. The Morgan fingerprint density at radius 1 is 1.62 bits per heavy atom. The minimum Gasteiger partial charge on any atom is -0.450 e. The molecule has 0 radical (unpaired) electrons. The first-order valence-electron chi connectivity index (χ1n) is 1.88. The highest BCUT2D eigenvalue weighted by atomic mass is 32.2. The highest BCUT2D eigenvalue weighted by molar-refractivity contribution is 7.72. The summed E-state index contributed by atoms with van der Waals surface area (Å²) < 4.78 is 23.4. The molecule has 0 bridgehead atoms. The lowest BCUT2D eigenvalue weighted by molar-refractivity contribution is -0.138. The molecule has 4 nitrogen and oxygen atoms in total. The fourth-order valence-corrected chi connectivity index (χ4v) is 0.431. The Kier molecular flexibility index (Phi) is 3.18. The van der Waals surface area contributed by atoms with Crippen LogP contribution in [0.5, 0.6) is 0 Å². The third-order valence-corrected chi connectivity index (χ3v) is 0.713. The molecule has 0 atom stereocenters. The summed E-state index contributed by atoms with van der Waals surface area (Å²) in [6.07, 6.45) is 0. The van der Waals surface area contributed by atoms with Crippen molar-refractivity contribution in [3.05, 3.63) is 0 Å². The first-order chi connectivity index (χ1) is 3.63. The minimum absolute atomic E-state index is 0.509. The smallest absolute Gasteiger partial charge is 0.303 e. The van der Waals surface area contributed by atoms with Crippen molar-refractivity contribution in [3.63, 3.8) is 0 Å². The van der Waals surface area contributed by atoms with Gasteiger partial charge in [0.2, 0.25) is 0 Å². The SMILES string of the molecule is CC(=O)OC[SH](=O)=O. The molecule has 0 aliphatic rings. The van der Waals surface area contributed by atoms with E-state index in [1.807, 2.05) is 0 Å². The average molecular weight is 138 g/mol. The predicted octanol–water partition coefficient (Wildman–Crippen LogP) is -0.882. The number of esters is 1. The van der Waals surface area contributed by atoms with Crippen molar-refractivity contribution in [3.8, 4) is 0 Å². The summed E-state index contributed by atoms with van der Waals surface area (Å²) in [5.41, 5.74) is 0. The summed E-state index contributed by atoms with van der Waals surface area (Å²) in [6.45, 7) is 1.15. The van der Waals surface area contributed by atoms with Gasteiger partial charge in [0.15, 0.2) is 16.6 Å². The zero-order valence-corrected chi connectivity index (χ0v) is 5.18. The normalized spacial score (nSPS) is 9.25. The van der Waals surface area contributed by atoms with Crippen LogP contribution in [0.25, 0.3) is 0 Å². The number of hydrogen-bond acceptors (Lipinski definition) is 4. The van der Waals surface area contributed by atoms with Crippen LogP contribution < -0.4 is 0 Å². The van der Waals surface area contributed by atoms with E-state index in [-0.39, 0.29) is 0 Å². The largest absolute Gasteiger partial charge is 0.450 e. The van der Waals surface area contributed by atoms with Crippen LogP contribution in [0.4, 0.5) is 0 Å². The van der Waals surface area contributed by atoms with Crippen LogP contribution in [0, 0.1) is 0 Å². The molecule has 0 aromatic heterocycles. The molecule has 5 heteroatoms. The van der Waals surface area contributed by atoms with Gasteiger partial charge in [-0.3, -0.25) is 4.79 Å². The molecule has 0 rings (SSSR count). The summed E-state index contributed by atoms with van der Waals surface area (Å²) in [5.74, 6) is -1.09. The lowest BCUT2D eigenvalue weighted by Gasteiger charge is -1.89. The Morgan fingerprint density at radius 2 is 2.12 bits per heavy atom. The monoisotopic (exact) mass is 138 g/mol. The molecule has 0 fully saturated rings. The molecule has 0 N–H and O–H groups in total. The van der Waals surface area contributed by atoms with Crippen LogP contribution in [0.2, 0.25) is 0 Å². The van der Waals surface area contributed by atoms with Crippen LogP contribution in [0.15, 0.2) is 0 Å². The summed E-state index contributed by atoms with van der Waals surface area (Å²) in [5, 5.41) is 0. The second-order valence-electron chi connectivity index (χ2n) is 1.10. The van der Waals surface area contributed by atoms with Crippen molar-refractivity contribution in [1.82, 2.24) is 0 Å². The molecule has 0 aromatic carbocycles. The van der Waals surface area contributed by atoms with E-state index in [4.69, 9.17) is 0 Å². The summed E-state index contributed by atoms with van der Waals surface area (Å²) >= 11 is 0. The van der Waals surface area contributed by atoms with Crippen LogP contribution >= 0.6 is 0 Å². The van der Waals surface area contributed by atoms with Crippen molar-refractivity contribution in [2.75, 3.05) is 5.94 Å². The molecule has 48 valence electrons. The fourth-order valence-electron chi connectivity index (χ4n) is 0.144. The van der Waals surface area contributed by atoms with Gasteiger partial charge in [-0.25, -0.2) is 8.42 Å². The topological polar surface area (TPSA) is 60.4 Å². The van der Waals surface area contributed by atoms with Crippen LogP contribution in [0.1, 0.15) is 6.92 Å². The highest BCUT2D eigenvalue weighted by Gasteiger charge is 1.89. The second kappa shape index (κ2) is 3.43. The Balaban J connectivity index is 3.32. The Morgan fingerprint density at radius 3 is 2.25 bits per heavy atom. The molecule has 0 amide bonds. The maximum Gasteiger partial charge on any atom is 0.303 e. The van der Waals surface area contributed by atoms with E-state index in [9.17, 15) is 13.2 Å². The van der Waals surface area contributed by atoms with E-state index < -0.39 is 22.6 Å². The first-order valence-corrected chi connectivity index (χ1v) is 3.24. The van der Waals surface area contributed by atoms with Crippen LogP contribution in [-0.4, -0.2) is 20.3 Å². The van der Waals surface area contributed by atoms with Gasteiger partial charge in [0, 0.05) is 6.92 Å². The van der Waals surface area contributed by atoms with Gasteiger partial charge in [-0.2, -0.15) is 0 Å². The van der Waals surface area contributed by atoms with Crippen molar-refractivity contribution in [2.45, 2.75) is 6.92 Å². The quantitative estimate of drug-likeness (QED) is 0.397. The molecule has 0 saturated carbocycles. The van der Waals surface area contributed by atoms with Crippen molar-refractivity contribution in [1.29, 1.82) is 0 Å². The summed E-state index contributed by atoms with van der Waals surface area (Å²) in [4.78, 5) is 9.86. The Hall–Kier alpha value is -0.580. The lowest BCUT2D eigenvalue weighted by Crippen LogP contribution is -2.00. The average Bonchev–Trinajstić information content (AvgIpc) is 1.61. The predicted molar refractivity (Wildman–Crippen MR) is 26.9 cm³/mol. The molecular formula is C3H6O4S. The maximum atomic E-state index is 9.86. The van der Waals surface area contributed by atoms with Gasteiger partial charge < -0.3 is 4.74 Å². The first kappa shape index (κ1) is 7.42. The van der Waals surface area contributed by atoms with E-state index in [1.165, 1.54) is 0 Å². The molecule has 0 unspecified atom stereocenters.